The monoisotopic (exact) mass is 1710 g/mol. The molecule has 7 aromatic rings. The Labute approximate surface area is 724 Å². The van der Waals surface area contributed by atoms with Gasteiger partial charge >= 0.3 is 24.0 Å². The first kappa shape index (κ1) is 94.7. The molecule has 5 N–H and O–H groups in total. The van der Waals surface area contributed by atoms with Crippen LogP contribution in [0.5, 0.6) is 0 Å². The summed E-state index contributed by atoms with van der Waals surface area (Å²) >= 11 is 0. The topological polar surface area (TPSA) is 345 Å². The van der Waals surface area contributed by atoms with Crippen LogP contribution in [-0.2, 0) is 156 Å². The number of esters is 3. The van der Waals surface area contributed by atoms with E-state index in [0.717, 1.165) is 16.7 Å². The lowest BCUT2D eigenvalue weighted by Gasteiger charge is -2.53. The van der Waals surface area contributed by atoms with Gasteiger partial charge in [-0.3, -0.25) is 28.8 Å². The van der Waals surface area contributed by atoms with Crippen LogP contribution in [0, 0.1) is 16.2 Å². The highest BCUT2D eigenvalue weighted by Gasteiger charge is 2.60. The van der Waals surface area contributed by atoms with Crippen LogP contribution in [0.25, 0.3) is 0 Å². The highest BCUT2D eigenvalue weighted by molar-refractivity contribution is 5.77. The van der Waals surface area contributed by atoms with Gasteiger partial charge in [-0.15, -0.1) is 0 Å². The molecule has 4 fully saturated rings. The number of hydrogen-bond acceptors (Lipinski definition) is 25. The highest BCUT2D eigenvalue weighted by Crippen LogP contribution is 2.40. The molecule has 0 spiro atoms. The number of hydrogen-bond donors (Lipinski definition) is 5. The van der Waals surface area contributed by atoms with Crippen LogP contribution < -0.4 is 21.3 Å². The Morgan fingerprint density at radius 1 is 0.282 bits per heavy atom. The zero-order valence-electron chi connectivity index (χ0n) is 72.3. The van der Waals surface area contributed by atoms with Crippen LogP contribution in [0.3, 0.4) is 0 Å². The Hall–Kier alpha value is -9.93. The molecule has 20 atom stereocenters. The van der Waals surface area contributed by atoms with Gasteiger partial charge in [0.1, 0.15) is 124 Å². The maximum absolute atomic E-state index is 15.0. The van der Waals surface area contributed by atoms with Crippen molar-refractivity contribution < 1.29 is 119 Å². The van der Waals surface area contributed by atoms with Crippen molar-refractivity contribution in [2.24, 2.45) is 16.2 Å². The van der Waals surface area contributed by atoms with E-state index in [1.807, 2.05) is 164 Å². The summed E-state index contributed by atoms with van der Waals surface area (Å²) < 4.78 is 117. The molecule has 0 aromatic heterocycles. The number of ether oxygens (including phenoxy) is 17. The van der Waals surface area contributed by atoms with E-state index in [1.54, 1.807) is 111 Å². The minimum Gasteiger partial charge on any atom is -0.462 e. The largest absolute Gasteiger partial charge is 0.462 e. The lowest BCUT2D eigenvalue weighted by Crippen LogP contribution is -2.72. The normalized spacial score (nSPS) is 26.5. The van der Waals surface area contributed by atoms with Crippen molar-refractivity contribution in [3.63, 3.8) is 0 Å². The average molecular weight is 1720 g/mol. The second kappa shape index (κ2) is 45.3. The fraction of sp³-hybridized carbons (Fsp3) is 0.484. The Bertz CT molecular complexity index is 4470. The number of amides is 4. The third-order valence-electron chi connectivity index (χ3n) is 20.9. The standard InChI is InChI=1S/C95H118N4O25/c1-59(101)96-73-82(110-51-64-38-24-15-25-39-64)78(69(48-100)118-85(73)113-54-67-44-30-18-31-45-67)122-86-74(97-60(2)102)83(111-52-65-40-26-16-27-41-65)79(71(120-86)57-115-90(105)94(7,8)9)123-87-75(98-61(3)103)84(112-53-66-42-28-17-29-43-66)80(72(121-87)58-116-91(106)95(10,11)12)124-88-76(99-92(107)117-55-68-46-32-19-33-47-68)81(109-50-63-36-22-14-23-37-63)77(108-49-62-34-20-13-21-35-62)70(119-88)56-114-89(104)93(4,5)6/h13-47,69-88,100H,48-58H2,1-12H3,(H,96,101)(H,97,102)(H,98,103)(H,99,107)/t69-,70-,71-,72-,73-,74-,75-,76-,77-,78-,79-,80-,81-,82-,83-,84-,85-,86+,87+,88+/m1/s1. The smallest absolute Gasteiger partial charge is 0.407 e. The first-order valence-corrected chi connectivity index (χ1v) is 41.9. The first-order chi connectivity index (χ1) is 59.5. The molecule has 4 saturated heterocycles. The van der Waals surface area contributed by atoms with E-state index in [4.69, 9.17) is 80.5 Å². The molecular weight excluding hydrogens is 1600 g/mol. The molecule has 4 amide bonds. The summed E-state index contributed by atoms with van der Waals surface area (Å²) in [4.78, 5) is 101. The van der Waals surface area contributed by atoms with Crippen LogP contribution in [0.4, 0.5) is 4.79 Å². The molecule has 4 aliphatic heterocycles. The lowest BCUT2D eigenvalue weighted by molar-refractivity contribution is -0.370. The van der Waals surface area contributed by atoms with Crippen molar-refractivity contribution in [1.82, 2.24) is 21.3 Å². The predicted octanol–water partition coefficient (Wildman–Crippen LogP) is 10.8. The molecule has 11 rings (SSSR count). The molecule has 668 valence electrons. The number of aliphatic hydroxyl groups is 1. The van der Waals surface area contributed by atoms with Gasteiger partial charge in [0.25, 0.3) is 0 Å². The van der Waals surface area contributed by atoms with Gasteiger partial charge in [-0.1, -0.05) is 212 Å². The molecule has 0 bridgehead atoms. The Balaban J connectivity index is 1.06. The molecule has 4 heterocycles. The van der Waals surface area contributed by atoms with E-state index < -0.39 is 207 Å². The van der Waals surface area contributed by atoms with Crippen molar-refractivity contribution in [3.8, 4) is 0 Å². The molecule has 29 heteroatoms. The zero-order chi connectivity index (χ0) is 88.5. The molecule has 0 unspecified atom stereocenters. The van der Waals surface area contributed by atoms with E-state index in [9.17, 15) is 38.7 Å². The number of carbonyl (C=O) groups is 7. The van der Waals surface area contributed by atoms with Crippen molar-refractivity contribution in [2.45, 2.75) is 252 Å². The highest BCUT2D eigenvalue weighted by atomic mass is 16.8. The molecule has 0 radical (unpaired) electrons. The number of rotatable bonds is 37. The first-order valence-electron chi connectivity index (χ1n) is 41.9. The van der Waals surface area contributed by atoms with Gasteiger partial charge in [0.15, 0.2) is 25.2 Å². The summed E-state index contributed by atoms with van der Waals surface area (Å²) in [6.07, 6.45) is -24.7. The van der Waals surface area contributed by atoms with Gasteiger partial charge in [-0.2, -0.15) is 0 Å². The molecule has 124 heavy (non-hydrogen) atoms. The fourth-order valence-electron chi connectivity index (χ4n) is 14.5. The maximum Gasteiger partial charge on any atom is 0.407 e. The van der Waals surface area contributed by atoms with Gasteiger partial charge in [0.2, 0.25) is 17.7 Å². The summed E-state index contributed by atoms with van der Waals surface area (Å²) in [5.74, 6) is -3.77. The van der Waals surface area contributed by atoms with Gasteiger partial charge in [0.05, 0.1) is 62.5 Å². The molecule has 4 aliphatic rings. The lowest BCUT2D eigenvalue weighted by atomic mass is 9.92. The zero-order valence-corrected chi connectivity index (χ0v) is 72.3. The van der Waals surface area contributed by atoms with Crippen molar-refractivity contribution in [2.75, 3.05) is 26.4 Å². The van der Waals surface area contributed by atoms with E-state index in [1.165, 1.54) is 20.8 Å². The van der Waals surface area contributed by atoms with E-state index >= 15 is 0 Å². The Kier molecular flexibility index (Phi) is 34.6. The summed E-state index contributed by atoms with van der Waals surface area (Å²) in [7, 11) is 0. The third kappa shape index (κ3) is 27.5. The minimum absolute atomic E-state index is 0.00433. The van der Waals surface area contributed by atoms with E-state index in [0.29, 0.717) is 22.3 Å². The van der Waals surface area contributed by atoms with Gasteiger partial charge in [-0.05, 0) is 101 Å². The van der Waals surface area contributed by atoms with E-state index in [-0.39, 0.29) is 46.2 Å². The van der Waals surface area contributed by atoms with Crippen LogP contribution in [0.15, 0.2) is 212 Å². The van der Waals surface area contributed by atoms with Crippen molar-refractivity contribution >= 4 is 41.7 Å². The Morgan fingerprint density at radius 2 is 0.508 bits per heavy atom. The van der Waals surface area contributed by atoms with Crippen LogP contribution in [0.1, 0.15) is 122 Å². The quantitative estimate of drug-likeness (QED) is 0.0178. The van der Waals surface area contributed by atoms with Crippen LogP contribution in [0.2, 0.25) is 0 Å². The minimum atomic E-state index is -1.82. The number of carbonyl (C=O) groups excluding carboxylic acids is 7. The fourth-order valence-corrected chi connectivity index (χ4v) is 14.5. The molecule has 7 aromatic carbocycles. The molecule has 0 aliphatic carbocycles. The second-order valence-electron chi connectivity index (χ2n) is 34.2. The SMILES string of the molecule is CC(=O)N[C@H]1[C@H](OCc2ccccc2)O[C@H](CO)[C@@H](O[C@@H]2O[C@H](COC(=O)C(C)(C)C)[C@@H](O[C@@H]3O[C@H](COC(=O)C(C)(C)C)[C@@H](O[C@@H]4O[C@H](COC(=O)C(C)(C)C)[C@@H](OCc5ccccc5)[C@H](OCc5ccccc5)[C@H]4NC(=O)OCc4ccccc4)[C@H](OCc4ccccc4)[C@H]3NC(C)=O)[C@H](OCc3ccccc3)[C@H]2NC(C)=O)[C@@H]1OCc1ccccc1. The third-order valence-corrected chi connectivity index (χ3v) is 20.9. The Morgan fingerprint density at radius 3 is 0.782 bits per heavy atom. The van der Waals surface area contributed by atoms with E-state index in [2.05, 4.69) is 21.3 Å². The second-order valence-corrected chi connectivity index (χ2v) is 34.2. The molecule has 29 nitrogen and oxygen atoms in total. The summed E-state index contributed by atoms with van der Waals surface area (Å²) in [5, 5.41) is 23.7. The summed E-state index contributed by atoms with van der Waals surface area (Å²) in [6, 6.07) is 58.5. The van der Waals surface area contributed by atoms with Gasteiger partial charge in [-0.25, -0.2) is 4.79 Å². The van der Waals surface area contributed by atoms with Crippen molar-refractivity contribution in [3.05, 3.63) is 251 Å². The number of aliphatic hydroxyl groups excluding tert-OH is 1. The maximum atomic E-state index is 15.0. The number of nitrogens with one attached hydrogen (secondary N) is 4. The number of alkyl carbamates (subject to hydrolysis) is 1. The average Bonchev–Trinajstić information content (AvgIpc) is 0.759. The van der Waals surface area contributed by atoms with Gasteiger partial charge < -0.3 is 107 Å². The molecule has 0 saturated carbocycles. The number of benzene rings is 7. The van der Waals surface area contributed by atoms with Gasteiger partial charge in [0, 0.05) is 20.8 Å². The summed E-state index contributed by atoms with van der Waals surface area (Å²) in [6.45, 7) is 15.6. The van der Waals surface area contributed by atoms with Crippen molar-refractivity contribution in [1.29, 1.82) is 0 Å². The summed E-state index contributed by atoms with van der Waals surface area (Å²) in [5.41, 5.74) is 1.58. The van der Waals surface area contributed by atoms with Crippen LogP contribution >= 0.6 is 0 Å². The van der Waals surface area contributed by atoms with Crippen LogP contribution in [-0.4, -0.2) is 196 Å². The predicted molar refractivity (Wildman–Crippen MR) is 450 cm³/mol. The molecular formula is C95H118N4O25.